The van der Waals surface area contributed by atoms with E-state index in [1.165, 1.54) is 6.07 Å². The number of fused-ring (bicyclic) bond motifs is 1. The summed E-state index contributed by atoms with van der Waals surface area (Å²) in [7, 11) is 2.00. The Hall–Kier alpha value is -1.31. The first-order valence-electron chi connectivity index (χ1n) is 8.09. The number of carbonyl (C=O) groups is 1. The van der Waals surface area contributed by atoms with Gasteiger partial charge < -0.3 is 14.6 Å². The maximum Gasteiger partial charge on any atom is 0.349 e. The van der Waals surface area contributed by atoms with Gasteiger partial charge >= 0.3 is 5.63 Å². The maximum atomic E-state index is 12.7. The Morgan fingerprint density at radius 3 is 2.50 bits per heavy atom. The predicted molar refractivity (Wildman–Crippen MR) is 103 cm³/mol. The van der Waals surface area contributed by atoms with Crippen LogP contribution in [0, 0.1) is 0 Å². The molecule has 9 heteroatoms. The van der Waals surface area contributed by atoms with Gasteiger partial charge in [-0.3, -0.25) is 9.69 Å². The average Bonchev–Trinajstić information content (AvgIpc) is 2.59. The lowest BCUT2D eigenvalue weighted by Gasteiger charge is -2.40. The third-order valence-electron chi connectivity index (χ3n) is 4.37. The molecule has 1 atom stereocenters. The molecule has 1 aromatic carbocycles. The Bertz CT molecular complexity index is 857. The Balaban J connectivity index is 1.86. The van der Waals surface area contributed by atoms with Gasteiger partial charge in [0.25, 0.3) is 5.91 Å². The lowest BCUT2D eigenvalue weighted by atomic mass is 10.1. The van der Waals surface area contributed by atoms with Crippen LogP contribution in [0.2, 0.25) is 0 Å². The maximum absolute atomic E-state index is 12.7. The molecule has 1 aromatic heterocycles. The number of hydrogen-bond acceptors (Lipinski definition) is 5. The van der Waals surface area contributed by atoms with Crippen LogP contribution >= 0.6 is 34.8 Å². The number of nitrogens with one attached hydrogen (secondary N) is 1. The fourth-order valence-electron chi connectivity index (χ4n) is 2.88. The van der Waals surface area contributed by atoms with Crippen LogP contribution in [0.15, 0.2) is 39.5 Å². The van der Waals surface area contributed by atoms with Crippen LogP contribution in [0.1, 0.15) is 10.4 Å². The Morgan fingerprint density at radius 2 is 1.85 bits per heavy atom. The van der Waals surface area contributed by atoms with Crippen molar-refractivity contribution in [2.45, 2.75) is 9.96 Å². The number of rotatable bonds is 3. The van der Waals surface area contributed by atoms with Gasteiger partial charge in [0.05, 0.1) is 0 Å². The van der Waals surface area contributed by atoms with E-state index in [2.05, 4.69) is 10.2 Å². The monoisotopic (exact) mass is 417 g/mol. The molecule has 3 rings (SSSR count). The molecular formula is C17H18Cl3N3O3. The van der Waals surface area contributed by atoms with E-state index in [1.54, 1.807) is 24.3 Å². The lowest BCUT2D eigenvalue weighted by molar-refractivity contribution is 0.0727. The number of likely N-dealkylation sites (N-methyl/N-ethyl adjacent to an activating group) is 1. The molecule has 1 fully saturated rings. The van der Waals surface area contributed by atoms with Crippen LogP contribution in [0.3, 0.4) is 0 Å². The van der Waals surface area contributed by atoms with E-state index in [0.717, 1.165) is 13.1 Å². The molecule has 2 heterocycles. The first-order valence-corrected chi connectivity index (χ1v) is 9.22. The minimum Gasteiger partial charge on any atom is -0.422 e. The zero-order valence-electron chi connectivity index (χ0n) is 14.0. The standard InChI is InChI=1S/C17H18Cl3N3O3/c1-22-6-8-23(9-7-22)16(17(18,19)20)21-14(24)12-10-11-4-2-3-5-13(11)26-15(12)25/h2-5,10,16H,6-9H2,1H3,(H,21,24). The van der Waals surface area contributed by atoms with Crippen molar-refractivity contribution in [1.82, 2.24) is 15.1 Å². The fourth-order valence-corrected chi connectivity index (χ4v) is 3.46. The molecule has 6 nitrogen and oxygen atoms in total. The third kappa shape index (κ3) is 4.32. The number of nitrogens with zero attached hydrogens (tertiary/aromatic N) is 2. The summed E-state index contributed by atoms with van der Waals surface area (Å²) in [5.74, 6) is -0.639. The molecule has 1 unspecified atom stereocenters. The first kappa shape index (κ1) is 19.5. The van der Waals surface area contributed by atoms with Crippen molar-refractivity contribution in [1.29, 1.82) is 0 Å². The van der Waals surface area contributed by atoms with Gasteiger partial charge in [0.2, 0.25) is 3.79 Å². The molecule has 1 amide bonds. The normalized spacial score (nSPS) is 18.0. The molecule has 0 aliphatic carbocycles. The van der Waals surface area contributed by atoms with E-state index in [0.29, 0.717) is 24.1 Å². The van der Waals surface area contributed by atoms with Crippen LogP contribution in [-0.4, -0.2) is 58.9 Å². The summed E-state index contributed by atoms with van der Waals surface area (Å²) in [6.07, 6.45) is -0.862. The number of amides is 1. The second-order valence-corrected chi connectivity index (χ2v) is 8.61. The van der Waals surface area contributed by atoms with Crippen LogP contribution in [0.5, 0.6) is 0 Å². The molecule has 1 aliphatic rings. The number of hydrogen-bond donors (Lipinski definition) is 1. The van der Waals surface area contributed by atoms with Crippen molar-refractivity contribution >= 4 is 51.7 Å². The Labute approximate surface area is 165 Å². The highest BCUT2D eigenvalue weighted by molar-refractivity contribution is 6.68. The van der Waals surface area contributed by atoms with Crippen molar-refractivity contribution in [3.05, 3.63) is 46.3 Å². The Kier molecular flexibility index (Phi) is 5.79. The first-order chi connectivity index (χ1) is 12.3. The van der Waals surface area contributed by atoms with Gasteiger partial charge in [-0.15, -0.1) is 0 Å². The van der Waals surface area contributed by atoms with Crippen LogP contribution in [0.25, 0.3) is 11.0 Å². The van der Waals surface area contributed by atoms with Crippen molar-refractivity contribution in [2.75, 3.05) is 33.2 Å². The summed E-state index contributed by atoms with van der Waals surface area (Å²) in [6, 6.07) is 8.43. The van der Waals surface area contributed by atoms with Gasteiger partial charge in [-0.05, 0) is 19.2 Å². The third-order valence-corrected chi connectivity index (χ3v) is 4.99. The highest BCUT2D eigenvalue weighted by Crippen LogP contribution is 2.32. The van der Waals surface area contributed by atoms with E-state index >= 15 is 0 Å². The molecule has 2 aromatic rings. The van der Waals surface area contributed by atoms with Gasteiger partial charge in [0.1, 0.15) is 17.3 Å². The van der Waals surface area contributed by atoms with Gasteiger partial charge in [0.15, 0.2) is 0 Å². The smallest absolute Gasteiger partial charge is 0.349 e. The second kappa shape index (κ2) is 7.74. The molecule has 1 saturated heterocycles. The van der Waals surface area contributed by atoms with Crippen molar-refractivity contribution in [3.63, 3.8) is 0 Å². The number of benzene rings is 1. The van der Waals surface area contributed by atoms with Gasteiger partial charge in [0, 0.05) is 31.6 Å². The molecule has 140 valence electrons. The van der Waals surface area contributed by atoms with Crippen molar-refractivity contribution in [2.24, 2.45) is 0 Å². The summed E-state index contributed by atoms with van der Waals surface area (Å²) in [6.45, 7) is 2.82. The van der Waals surface area contributed by atoms with E-state index in [1.807, 2.05) is 11.9 Å². The molecule has 1 N–H and O–H groups in total. The Morgan fingerprint density at radius 1 is 1.19 bits per heavy atom. The van der Waals surface area contributed by atoms with Crippen molar-refractivity contribution in [3.8, 4) is 0 Å². The largest absolute Gasteiger partial charge is 0.422 e. The summed E-state index contributed by atoms with van der Waals surface area (Å²) in [5.41, 5.74) is -0.453. The molecule has 0 spiro atoms. The molecule has 0 radical (unpaired) electrons. The van der Waals surface area contributed by atoms with Gasteiger partial charge in [-0.2, -0.15) is 0 Å². The van der Waals surface area contributed by atoms with Crippen LogP contribution in [0.4, 0.5) is 0 Å². The van der Waals surface area contributed by atoms with Crippen molar-refractivity contribution < 1.29 is 9.21 Å². The molecule has 1 aliphatic heterocycles. The van der Waals surface area contributed by atoms with Crippen LogP contribution < -0.4 is 10.9 Å². The number of carbonyl (C=O) groups excluding carboxylic acids is 1. The van der Waals surface area contributed by atoms with E-state index in [9.17, 15) is 9.59 Å². The number of para-hydroxylation sites is 1. The van der Waals surface area contributed by atoms with Gasteiger partial charge in [-0.25, -0.2) is 4.79 Å². The SMILES string of the molecule is CN1CCN(C(NC(=O)c2cc3ccccc3oc2=O)C(Cl)(Cl)Cl)CC1. The van der Waals surface area contributed by atoms with Gasteiger partial charge in [-0.1, -0.05) is 53.0 Å². The molecule has 0 bridgehead atoms. The van der Waals surface area contributed by atoms with E-state index < -0.39 is 21.5 Å². The molecular weight excluding hydrogens is 401 g/mol. The zero-order valence-corrected chi connectivity index (χ0v) is 16.3. The zero-order chi connectivity index (χ0) is 18.9. The highest BCUT2D eigenvalue weighted by Gasteiger charge is 2.39. The molecule has 26 heavy (non-hydrogen) atoms. The summed E-state index contributed by atoms with van der Waals surface area (Å²) in [4.78, 5) is 28.9. The number of alkyl halides is 3. The quantitative estimate of drug-likeness (QED) is 0.613. The van der Waals surface area contributed by atoms with E-state index in [-0.39, 0.29) is 5.56 Å². The minimum absolute atomic E-state index is 0.128. The second-order valence-electron chi connectivity index (χ2n) is 6.24. The summed E-state index contributed by atoms with van der Waals surface area (Å²) < 4.78 is 3.46. The minimum atomic E-state index is -1.75. The predicted octanol–water partition coefficient (Wildman–Crippen LogP) is 2.47. The fraction of sp³-hybridized carbons (Fsp3) is 0.412. The lowest BCUT2D eigenvalue weighted by Crippen LogP contribution is -2.60. The average molecular weight is 419 g/mol. The molecule has 0 saturated carbocycles. The topological polar surface area (TPSA) is 65.8 Å². The van der Waals surface area contributed by atoms with E-state index in [4.69, 9.17) is 39.2 Å². The highest BCUT2D eigenvalue weighted by atomic mass is 35.6. The van der Waals surface area contributed by atoms with Crippen LogP contribution in [-0.2, 0) is 0 Å². The summed E-state index contributed by atoms with van der Waals surface area (Å²) >= 11 is 18.3. The summed E-state index contributed by atoms with van der Waals surface area (Å²) in [5, 5.41) is 3.32. The number of piperazine rings is 1. The number of halogens is 3.